The third-order valence-corrected chi connectivity index (χ3v) is 10.9. The van der Waals surface area contributed by atoms with Gasteiger partial charge in [-0.25, -0.2) is 22.2 Å². The number of nitrogens with one attached hydrogen (secondary N) is 1. The Labute approximate surface area is 270 Å². The van der Waals surface area contributed by atoms with E-state index in [1.807, 2.05) is 56.0 Å². The van der Waals surface area contributed by atoms with Crippen molar-refractivity contribution in [2.75, 3.05) is 18.4 Å². The van der Waals surface area contributed by atoms with Crippen LogP contribution in [0, 0.1) is 11.8 Å². The summed E-state index contributed by atoms with van der Waals surface area (Å²) in [5.41, 5.74) is 1.69. The van der Waals surface area contributed by atoms with Crippen LogP contribution in [0.5, 0.6) is 0 Å². The minimum atomic E-state index is -3.80. The molecule has 4 aromatic rings. The molecule has 238 valence electrons. The molecule has 0 bridgehead atoms. The van der Waals surface area contributed by atoms with Gasteiger partial charge in [-0.15, -0.1) is 0 Å². The van der Waals surface area contributed by atoms with Crippen molar-refractivity contribution in [2.24, 2.45) is 11.8 Å². The van der Waals surface area contributed by atoms with Crippen LogP contribution in [0.1, 0.15) is 59.3 Å². The van der Waals surface area contributed by atoms with E-state index in [2.05, 4.69) is 10.3 Å². The highest BCUT2D eigenvalue weighted by Gasteiger charge is 2.34. The number of benzene rings is 2. The Balaban J connectivity index is 1.16. The molecule has 1 atom stereocenters. The summed E-state index contributed by atoms with van der Waals surface area (Å²) in [7, 11) is -3.80. The highest BCUT2D eigenvalue weighted by molar-refractivity contribution is 7.90. The first-order valence-electron chi connectivity index (χ1n) is 15.8. The maximum atomic E-state index is 13.6. The van der Waals surface area contributed by atoms with Gasteiger partial charge in [0, 0.05) is 36.3 Å². The lowest BCUT2D eigenvalue weighted by Crippen LogP contribution is -2.45. The molecule has 0 spiro atoms. The van der Waals surface area contributed by atoms with Gasteiger partial charge in [0.1, 0.15) is 16.6 Å². The van der Waals surface area contributed by atoms with Gasteiger partial charge in [0.2, 0.25) is 0 Å². The third-order valence-electron chi connectivity index (χ3n) is 8.98. The summed E-state index contributed by atoms with van der Waals surface area (Å²) in [6, 6.07) is 20.0. The minimum Gasteiger partial charge on any atom is -0.444 e. The molecule has 2 fully saturated rings. The summed E-state index contributed by atoms with van der Waals surface area (Å²) in [5, 5.41) is 4.78. The standard InChI is InChI=1S/C35H41ClN4O4S/c1-35(2,3)44-34(41)39-19-9-10-25(22-39)24-15-17-27(18-16-24)37-33-21-26(20-32(36)38-33)30-23-40(31-14-8-7-13-29(30)31)45(42,43)28-11-5-4-6-12-28/h4-8,11-14,20-21,23-25,27H,9-10,15-19,22H2,1-3H3,(H,37,38). The van der Waals surface area contributed by atoms with E-state index < -0.39 is 15.6 Å². The number of hydrogen-bond acceptors (Lipinski definition) is 6. The van der Waals surface area contributed by atoms with E-state index in [9.17, 15) is 13.2 Å². The van der Waals surface area contributed by atoms with E-state index in [1.54, 1.807) is 42.6 Å². The van der Waals surface area contributed by atoms with Gasteiger partial charge in [0.05, 0.1) is 10.4 Å². The molecule has 1 amide bonds. The molecule has 1 saturated carbocycles. The fourth-order valence-electron chi connectivity index (χ4n) is 6.84. The van der Waals surface area contributed by atoms with E-state index in [-0.39, 0.29) is 17.0 Å². The van der Waals surface area contributed by atoms with Crippen molar-refractivity contribution in [1.29, 1.82) is 0 Å². The predicted molar refractivity (Wildman–Crippen MR) is 179 cm³/mol. The van der Waals surface area contributed by atoms with Crippen molar-refractivity contribution in [3.63, 3.8) is 0 Å². The monoisotopic (exact) mass is 648 g/mol. The number of para-hydroxylation sites is 1. The number of ether oxygens (including phenoxy) is 1. The van der Waals surface area contributed by atoms with Gasteiger partial charge in [-0.3, -0.25) is 0 Å². The molecular formula is C35H41ClN4O4S. The largest absolute Gasteiger partial charge is 0.444 e. The molecule has 2 aromatic carbocycles. The number of fused-ring (bicyclic) bond motifs is 1. The van der Waals surface area contributed by atoms with Gasteiger partial charge >= 0.3 is 6.09 Å². The molecule has 6 rings (SSSR count). The average molecular weight is 649 g/mol. The Morgan fingerprint density at radius 2 is 1.67 bits per heavy atom. The van der Waals surface area contributed by atoms with E-state index in [0.29, 0.717) is 28.3 Å². The maximum Gasteiger partial charge on any atom is 0.410 e. The first-order valence-corrected chi connectivity index (χ1v) is 17.6. The molecule has 0 radical (unpaired) electrons. The predicted octanol–water partition coefficient (Wildman–Crippen LogP) is 8.21. The second kappa shape index (κ2) is 12.7. The number of nitrogens with zero attached hydrogens (tertiary/aromatic N) is 3. The van der Waals surface area contributed by atoms with Crippen molar-refractivity contribution in [3.05, 3.63) is 78.1 Å². The summed E-state index contributed by atoms with van der Waals surface area (Å²) in [6.45, 7) is 7.26. The van der Waals surface area contributed by atoms with Gasteiger partial charge in [-0.2, -0.15) is 0 Å². The SMILES string of the molecule is CC(C)(C)OC(=O)N1CCCC(C2CCC(Nc3cc(-c4cn(S(=O)(=O)c5ccccc5)c5ccccc45)cc(Cl)n3)CC2)C1. The topological polar surface area (TPSA) is 93.5 Å². The van der Waals surface area contributed by atoms with Crippen molar-refractivity contribution in [3.8, 4) is 11.1 Å². The number of amides is 1. The zero-order valence-corrected chi connectivity index (χ0v) is 27.7. The lowest BCUT2D eigenvalue weighted by molar-refractivity contribution is 0.0112. The molecule has 1 unspecified atom stereocenters. The highest BCUT2D eigenvalue weighted by atomic mass is 35.5. The van der Waals surface area contributed by atoms with E-state index in [0.717, 1.165) is 68.1 Å². The smallest absolute Gasteiger partial charge is 0.410 e. The summed E-state index contributed by atoms with van der Waals surface area (Å²) in [6.07, 6.45) is 7.82. The third kappa shape index (κ3) is 6.99. The normalized spacial score (nSPS) is 21.1. The van der Waals surface area contributed by atoms with Crippen molar-refractivity contribution < 1.29 is 17.9 Å². The van der Waals surface area contributed by atoms with Crippen molar-refractivity contribution in [2.45, 2.75) is 75.8 Å². The molecule has 1 N–H and O–H groups in total. The summed E-state index contributed by atoms with van der Waals surface area (Å²) in [5.74, 6) is 1.75. The zero-order valence-electron chi connectivity index (χ0n) is 26.1. The Morgan fingerprint density at radius 3 is 2.40 bits per heavy atom. The Kier molecular flexibility index (Phi) is 8.85. The van der Waals surface area contributed by atoms with Crippen LogP contribution in [-0.2, 0) is 14.8 Å². The van der Waals surface area contributed by atoms with Crippen LogP contribution < -0.4 is 5.32 Å². The number of likely N-dealkylation sites (tertiary alicyclic amines) is 1. The van der Waals surface area contributed by atoms with Crippen LogP contribution in [0.3, 0.4) is 0 Å². The molecule has 1 saturated heterocycles. The lowest BCUT2D eigenvalue weighted by atomic mass is 9.75. The highest BCUT2D eigenvalue weighted by Crippen LogP contribution is 2.38. The van der Waals surface area contributed by atoms with Crippen molar-refractivity contribution in [1.82, 2.24) is 13.9 Å². The fourth-order valence-corrected chi connectivity index (χ4v) is 8.44. The van der Waals surface area contributed by atoms with Crippen LogP contribution >= 0.6 is 11.6 Å². The molecule has 2 aromatic heterocycles. The van der Waals surface area contributed by atoms with Gasteiger partial charge < -0.3 is 15.0 Å². The first kappa shape index (κ1) is 31.4. The second-order valence-corrected chi connectivity index (χ2v) is 15.5. The number of piperidine rings is 1. The molecule has 45 heavy (non-hydrogen) atoms. The molecule has 10 heteroatoms. The number of carbonyl (C=O) groups is 1. The van der Waals surface area contributed by atoms with Crippen LogP contribution in [0.25, 0.3) is 22.0 Å². The van der Waals surface area contributed by atoms with Gasteiger partial charge in [-0.1, -0.05) is 48.0 Å². The van der Waals surface area contributed by atoms with Crippen LogP contribution in [0.4, 0.5) is 10.6 Å². The van der Waals surface area contributed by atoms with Crippen LogP contribution in [-0.4, -0.2) is 53.1 Å². The molecule has 2 aliphatic rings. The quantitative estimate of drug-likeness (QED) is 0.212. The molecule has 8 nitrogen and oxygen atoms in total. The van der Waals surface area contributed by atoms with E-state index >= 15 is 0 Å². The number of pyridine rings is 1. The number of hydrogen-bond donors (Lipinski definition) is 1. The Morgan fingerprint density at radius 1 is 0.956 bits per heavy atom. The molecule has 1 aliphatic heterocycles. The first-order chi connectivity index (χ1) is 21.5. The number of rotatable bonds is 6. The zero-order chi connectivity index (χ0) is 31.8. The van der Waals surface area contributed by atoms with Gasteiger partial charge in [0.25, 0.3) is 10.0 Å². The Bertz CT molecular complexity index is 1780. The maximum absolute atomic E-state index is 13.6. The average Bonchev–Trinajstić information content (AvgIpc) is 3.42. The number of anilines is 1. The number of halogens is 1. The fraction of sp³-hybridized carbons (Fsp3) is 0.429. The summed E-state index contributed by atoms with van der Waals surface area (Å²) >= 11 is 6.55. The van der Waals surface area contributed by atoms with E-state index in [4.69, 9.17) is 16.3 Å². The second-order valence-electron chi connectivity index (χ2n) is 13.3. The van der Waals surface area contributed by atoms with Crippen LogP contribution in [0.15, 0.2) is 77.8 Å². The minimum absolute atomic E-state index is 0.203. The summed E-state index contributed by atoms with van der Waals surface area (Å²) < 4.78 is 34.2. The van der Waals surface area contributed by atoms with Crippen LogP contribution in [0.2, 0.25) is 5.15 Å². The van der Waals surface area contributed by atoms with Gasteiger partial charge in [-0.05, 0) is 107 Å². The number of aromatic nitrogens is 2. The molecular weight excluding hydrogens is 608 g/mol. The number of carbonyl (C=O) groups excluding carboxylic acids is 1. The lowest BCUT2D eigenvalue weighted by Gasteiger charge is -2.40. The Hall–Kier alpha value is -3.56. The molecule has 3 heterocycles. The van der Waals surface area contributed by atoms with Crippen molar-refractivity contribution >= 4 is 44.4 Å². The van der Waals surface area contributed by atoms with Gasteiger partial charge in [0.15, 0.2) is 0 Å². The molecule has 1 aliphatic carbocycles. The summed E-state index contributed by atoms with van der Waals surface area (Å²) in [4.78, 5) is 19.4. The van der Waals surface area contributed by atoms with E-state index in [1.165, 1.54) is 3.97 Å².